The van der Waals surface area contributed by atoms with E-state index in [0.29, 0.717) is 6.42 Å². The third-order valence-corrected chi connectivity index (χ3v) is 1.98. The molecule has 1 heterocycles. The average Bonchev–Trinajstić information content (AvgIpc) is 2.56. The van der Waals surface area contributed by atoms with E-state index < -0.39 is 0 Å². The van der Waals surface area contributed by atoms with Crippen LogP contribution in [-0.4, -0.2) is 15.3 Å². The molecule has 0 radical (unpaired) electrons. The number of H-pyrrole nitrogens is 2. The number of aromatic hydroxyl groups is 1. The second-order valence-electron chi connectivity index (χ2n) is 3.13. The summed E-state index contributed by atoms with van der Waals surface area (Å²) in [6.07, 6.45) is 0.652. The van der Waals surface area contributed by atoms with Crippen LogP contribution in [-0.2, 0) is 6.42 Å². The zero-order valence-electron chi connectivity index (χ0n) is 7.45. The van der Waals surface area contributed by atoms with E-state index in [1.807, 2.05) is 12.1 Å². The fourth-order valence-electron chi connectivity index (χ4n) is 1.30. The Morgan fingerprint density at radius 3 is 2.43 bits per heavy atom. The standard InChI is InChI=1S/C10H10N2O2/c13-9-3-1-7(2-4-9)5-8-6-10(14)12-11-8/h1-4,6,13H,5H2,(H2,11,12,14). The van der Waals surface area contributed by atoms with Gasteiger partial charge in [-0.05, 0) is 17.7 Å². The van der Waals surface area contributed by atoms with Crippen LogP contribution < -0.4 is 5.56 Å². The zero-order chi connectivity index (χ0) is 9.97. The lowest BCUT2D eigenvalue weighted by Crippen LogP contribution is -1.93. The van der Waals surface area contributed by atoms with Crippen molar-refractivity contribution in [2.45, 2.75) is 6.42 Å². The van der Waals surface area contributed by atoms with E-state index in [1.54, 1.807) is 12.1 Å². The molecule has 0 aliphatic carbocycles. The van der Waals surface area contributed by atoms with Gasteiger partial charge in [0.05, 0.1) is 0 Å². The highest BCUT2D eigenvalue weighted by Gasteiger charge is 1.98. The summed E-state index contributed by atoms with van der Waals surface area (Å²) in [6, 6.07) is 8.41. The Labute approximate surface area is 80.2 Å². The molecule has 0 spiro atoms. The molecule has 0 aliphatic rings. The van der Waals surface area contributed by atoms with Crippen LogP contribution in [0.1, 0.15) is 11.3 Å². The third kappa shape index (κ3) is 1.85. The predicted molar refractivity (Wildman–Crippen MR) is 52.3 cm³/mol. The molecule has 0 unspecified atom stereocenters. The Morgan fingerprint density at radius 1 is 1.14 bits per heavy atom. The molecule has 0 bridgehead atoms. The molecule has 2 aromatic rings. The number of phenols is 1. The molecule has 0 fully saturated rings. The van der Waals surface area contributed by atoms with Gasteiger partial charge in [-0.1, -0.05) is 12.1 Å². The van der Waals surface area contributed by atoms with Crippen molar-refractivity contribution in [3.63, 3.8) is 0 Å². The van der Waals surface area contributed by atoms with Crippen LogP contribution in [0.15, 0.2) is 35.1 Å². The van der Waals surface area contributed by atoms with Gasteiger partial charge in [0.2, 0.25) is 0 Å². The van der Waals surface area contributed by atoms with Gasteiger partial charge in [0.15, 0.2) is 0 Å². The van der Waals surface area contributed by atoms with E-state index in [4.69, 9.17) is 5.11 Å². The van der Waals surface area contributed by atoms with Crippen molar-refractivity contribution < 1.29 is 5.11 Å². The zero-order valence-corrected chi connectivity index (χ0v) is 7.45. The SMILES string of the molecule is O=c1cc(Cc2ccc(O)cc2)[nH][nH]1. The fourth-order valence-corrected chi connectivity index (χ4v) is 1.30. The van der Waals surface area contributed by atoms with Crippen molar-refractivity contribution >= 4 is 0 Å². The number of aromatic nitrogens is 2. The maximum atomic E-state index is 10.8. The highest BCUT2D eigenvalue weighted by molar-refractivity contribution is 5.28. The van der Waals surface area contributed by atoms with Gasteiger partial charge in [-0.2, -0.15) is 0 Å². The van der Waals surface area contributed by atoms with Crippen molar-refractivity contribution in [3.8, 4) is 5.75 Å². The molecular weight excluding hydrogens is 180 g/mol. The lowest BCUT2D eigenvalue weighted by molar-refractivity contribution is 0.475. The third-order valence-electron chi connectivity index (χ3n) is 1.98. The van der Waals surface area contributed by atoms with E-state index in [9.17, 15) is 4.79 Å². The van der Waals surface area contributed by atoms with Gasteiger partial charge >= 0.3 is 0 Å². The van der Waals surface area contributed by atoms with Gasteiger partial charge in [-0.25, -0.2) is 0 Å². The molecule has 1 aromatic heterocycles. The van der Waals surface area contributed by atoms with E-state index in [1.165, 1.54) is 6.07 Å². The Balaban J connectivity index is 2.19. The summed E-state index contributed by atoms with van der Waals surface area (Å²) in [5.41, 5.74) is 1.75. The molecule has 2 rings (SSSR count). The van der Waals surface area contributed by atoms with Gasteiger partial charge in [0, 0.05) is 18.2 Å². The summed E-state index contributed by atoms with van der Waals surface area (Å²) in [4.78, 5) is 10.8. The minimum Gasteiger partial charge on any atom is -0.508 e. The maximum Gasteiger partial charge on any atom is 0.264 e. The summed E-state index contributed by atoms with van der Waals surface area (Å²) in [6.45, 7) is 0. The van der Waals surface area contributed by atoms with E-state index >= 15 is 0 Å². The molecule has 0 aliphatic heterocycles. The first-order valence-electron chi connectivity index (χ1n) is 4.28. The number of nitrogens with one attached hydrogen (secondary N) is 2. The summed E-state index contributed by atoms with van der Waals surface area (Å²) >= 11 is 0. The first-order chi connectivity index (χ1) is 6.74. The van der Waals surface area contributed by atoms with Gasteiger partial charge in [-0.15, -0.1) is 0 Å². The Hall–Kier alpha value is -1.97. The largest absolute Gasteiger partial charge is 0.508 e. The second kappa shape index (κ2) is 3.41. The summed E-state index contributed by atoms with van der Waals surface area (Å²) in [5, 5.41) is 14.3. The van der Waals surface area contributed by atoms with Crippen molar-refractivity contribution in [3.05, 3.63) is 51.9 Å². The molecule has 3 N–H and O–H groups in total. The van der Waals surface area contributed by atoms with Crippen molar-refractivity contribution in [2.75, 3.05) is 0 Å². The number of benzene rings is 1. The van der Waals surface area contributed by atoms with Crippen molar-refractivity contribution in [2.24, 2.45) is 0 Å². The molecule has 0 amide bonds. The fraction of sp³-hybridized carbons (Fsp3) is 0.100. The van der Waals surface area contributed by atoms with Crippen LogP contribution in [0.2, 0.25) is 0 Å². The number of hydrogen-bond acceptors (Lipinski definition) is 2. The van der Waals surface area contributed by atoms with E-state index in [2.05, 4.69) is 10.2 Å². The number of aromatic amines is 2. The van der Waals surface area contributed by atoms with Crippen LogP contribution in [0.4, 0.5) is 0 Å². The average molecular weight is 190 g/mol. The Bertz CT molecular complexity index is 467. The van der Waals surface area contributed by atoms with Crippen LogP contribution in [0.25, 0.3) is 0 Å². The van der Waals surface area contributed by atoms with Gasteiger partial charge in [-0.3, -0.25) is 9.89 Å². The topological polar surface area (TPSA) is 68.9 Å². The molecule has 4 heteroatoms. The summed E-state index contributed by atoms with van der Waals surface area (Å²) in [7, 11) is 0. The molecule has 1 aromatic carbocycles. The second-order valence-corrected chi connectivity index (χ2v) is 3.13. The minimum atomic E-state index is -0.126. The molecule has 0 saturated carbocycles. The highest BCUT2D eigenvalue weighted by atomic mass is 16.3. The minimum absolute atomic E-state index is 0.126. The van der Waals surface area contributed by atoms with Crippen molar-refractivity contribution in [1.29, 1.82) is 0 Å². The molecule has 4 nitrogen and oxygen atoms in total. The Kier molecular flexibility index (Phi) is 2.10. The van der Waals surface area contributed by atoms with Crippen LogP contribution >= 0.6 is 0 Å². The quantitative estimate of drug-likeness (QED) is 0.661. The first-order valence-corrected chi connectivity index (χ1v) is 4.28. The highest BCUT2D eigenvalue weighted by Crippen LogP contribution is 2.11. The molecule has 0 saturated heterocycles. The number of phenolic OH excluding ortho intramolecular Hbond substituents is 1. The molecule has 72 valence electrons. The normalized spacial score (nSPS) is 10.3. The van der Waals surface area contributed by atoms with Crippen LogP contribution in [0.3, 0.4) is 0 Å². The number of rotatable bonds is 2. The van der Waals surface area contributed by atoms with E-state index in [-0.39, 0.29) is 11.3 Å². The Morgan fingerprint density at radius 2 is 1.86 bits per heavy atom. The monoisotopic (exact) mass is 190 g/mol. The van der Waals surface area contributed by atoms with Crippen LogP contribution in [0.5, 0.6) is 5.75 Å². The van der Waals surface area contributed by atoms with Gasteiger partial charge in [0.1, 0.15) is 5.75 Å². The number of hydrogen-bond donors (Lipinski definition) is 3. The van der Waals surface area contributed by atoms with Gasteiger partial charge < -0.3 is 10.2 Å². The maximum absolute atomic E-state index is 10.8. The van der Waals surface area contributed by atoms with Gasteiger partial charge in [0.25, 0.3) is 5.56 Å². The first kappa shape index (κ1) is 8.62. The van der Waals surface area contributed by atoms with Crippen LogP contribution in [0, 0.1) is 0 Å². The van der Waals surface area contributed by atoms with E-state index in [0.717, 1.165) is 11.3 Å². The van der Waals surface area contributed by atoms with Crippen molar-refractivity contribution in [1.82, 2.24) is 10.2 Å². The lowest BCUT2D eigenvalue weighted by atomic mass is 10.1. The molecule has 14 heavy (non-hydrogen) atoms. The lowest BCUT2D eigenvalue weighted by Gasteiger charge is -1.98. The molecular formula is C10H10N2O2. The summed E-state index contributed by atoms with van der Waals surface area (Å²) < 4.78 is 0. The predicted octanol–water partition coefficient (Wildman–Crippen LogP) is 0.999. The molecule has 0 atom stereocenters. The summed E-state index contributed by atoms with van der Waals surface area (Å²) in [5.74, 6) is 0.247. The smallest absolute Gasteiger partial charge is 0.264 e.